The van der Waals surface area contributed by atoms with Crippen molar-refractivity contribution in [1.82, 2.24) is 0 Å². The first kappa shape index (κ1) is 23.5. The third-order valence-electron chi connectivity index (χ3n) is 6.21. The minimum atomic E-state index is -4.43. The quantitative estimate of drug-likeness (QED) is 0.242. The van der Waals surface area contributed by atoms with E-state index >= 15 is 0 Å². The zero-order valence-corrected chi connectivity index (χ0v) is 20.8. The van der Waals surface area contributed by atoms with Crippen LogP contribution in [0.2, 0.25) is 0 Å². The average molecular weight is 530 g/mol. The van der Waals surface area contributed by atoms with Crippen LogP contribution in [0.5, 0.6) is 0 Å². The number of rotatable bonds is 4. The summed E-state index contributed by atoms with van der Waals surface area (Å²) in [6.45, 7) is 0. The molecule has 37 heavy (non-hydrogen) atoms. The molecule has 0 saturated carbocycles. The van der Waals surface area contributed by atoms with Gasteiger partial charge in [0, 0.05) is 25.4 Å². The summed E-state index contributed by atoms with van der Waals surface area (Å²) in [5.74, 6) is -0.303. The van der Waals surface area contributed by atoms with E-state index in [1.165, 1.54) is 23.5 Å². The molecule has 0 aliphatic rings. The molecular formula is C30H18F3NOS2. The molecule has 0 atom stereocenters. The third kappa shape index (κ3) is 4.52. The van der Waals surface area contributed by atoms with Crippen LogP contribution < -0.4 is 5.32 Å². The van der Waals surface area contributed by atoms with Crippen LogP contribution in [0.25, 0.3) is 41.7 Å². The summed E-state index contributed by atoms with van der Waals surface area (Å²) >= 11 is 3.03. The minimum absolute atomic E-state index is 0.303. The Labute approximate surface area is 218 Å². The van der Waals surface area contributed by atoms with E-state index in [4.69, 9.17) is 0 Å². The first-order valence-electron chi connectivity index (χ1n) is 11.4. The van der Waals surface area contributed by atoms with Crippen molar-refractivity contribution in [2.24, 2.45) is 0 Å². The number of thiophene rings is 2. The summed E-state index contributed by atoms with van der Waals surface area (Å²) in [5, 5.41) is 6.79. The number of hydrogen-bond acceptors (Lipinski definition) is 3. The molecule has 0 aliphatic carbocycles. The van der Waals surface area contributed by atoms with Crippen LogP contribution in [0, 0.1) is 0 Å². The molecule has 2 aromatic heterocycles. The molecule has 0 unspecified atom stereocenters. The van der Waals surface area contributed by atoms with Crippen LogP contribution in [0.1, 0.15) is 15.9 Å². The average Bonchev–Trinajstić information content (AvgIpc) is 3.52. The Kier molecular flexibility index (Phi) is 5.82. The summed E-state index contributed by atoms with van der Waals surface area (Å²) in [5.41, 5.74) is 3.00. The second-order valence-electron chi connectivity index (χ2n) is 8.59. The number of anilines is 1. The van der Waals surface area contributed by atoms with Gasteiger partial charge in [0.05, 0.1) is 11.1 Å². The molecular weight excluding hydrogens is 511 g/mol. The number of amides is 1. The lowest BCUT2D eigenvalue weighted by molar-refractivity contribution is -0.137. The number of fused-ring (bicyclic) bond motifs is 2. The van der Waals surface area contributed by atoms with Gasteiger partial charge in [-0.05, 0) is 69.9 Å². The van der Waals surface area contributed by atoms with Crippen LogP contribution in [0.4, 0.5) is 18.9 Å². The monoisotopic (exact) mass is 529 g/mol. The highest BCUT2D eigenvalue weighted by Gasteiger charge is 2.30. The lowest BCUT2D eigenvalue weighted by atomic mass is 10.0. The van der Waals surface area contributed by atoms with Gasteiger partial charge >= 0.3 is 6.18 Å². The Hall–Kier alpha value is -3.94. The molecule has 182 valence electrons. The fourth-order valence-electron chi connectivity index (χ4n) is 4.38. The van der Waals surface area contributed by atoms with Crippen LogP contribution in [-0.2, 0) is 6.18 Å². The molecule has 6 rings (SSSR count). The predicted molar refractivity (Wildman–Crippen MR) is 147 cm³/mol. The predicted octanol–water partition coefficient (Wildman–Crippen LogP) is 9.72. The molecule has 1 N–H and O–H groups in total. The highest BCUT2D eigenvalue weighted by atomic mass is 32.1. The fraction of sp³-hybridized carbons (Fsp3) is 0.0333. The van der Waals surface area contributed by atoms with Crippen LogP contribution in [0.3, 0.4) is 0 Å². The van der Waals surface area contributed by atoms with E-state index in [1.54, 1.807) is 11.3 Å². The van der Waals surface area contributed by atoms with Gasteiger partial charge in [0.1, 0.15) is 0 Å². The molecule has 0 saturated heterocycles. The van der Waals surface area contributed by atoms with Crippen molar-refractivity contribution in [2.75, 3.05) is 5.32 Å². The zero-order chi connectivity index (χ0) is 25.6. The van der Waals surface area contributed by atoms with Crippen LogP contribution >= 0.6 is 22.7 Å². The first-order valence-corrected chi connectivity index (χ1v) is 13.1. The van der Waals surface area contributed by atoms with Crippen molar-refractivity contribution in [2.45, 2.75) is 6.18 Å². The largest absolute Gasteiger partial charge is 0.416 e. The molecule has 0 aliphatic heterocycles. The van der Waals surface area contributed by atoms with Crippen molar-refractivity contribution >= 4 is 54.4 Å². The van der Waals surface area contributed by atoms with Gasteiger partial charge in [-0.3, -0.25) is 4.79 Å². The summed E-state index contributed by atoms with van der Waals surface area (Å²) in [6, 6.07) is 28.5. The Morgan fingerprint density at radius 2 is 1.49 bits per heavy atom. The Bertz CT molecular complexity index is 1750. The number of halogens is 3. The van der Waals surface area contributed by atoms with Gasteiger partial charge in [-0.1, -0.05) is 54.6 Å². The number of alkyl halides is 3. The molecule has 7 heteroatoms. The van der Waals surface area contributed by atoms with E-state index in [0.29, 0.717) is 21.7 Å². The maximum absolute atomic E-state index is 13.7. The minimum Gasteiger partial charge on any atom is -0.322 e. The second kappa shape index (κ2) is 9.18. The summed E-state index contributed by atoms with van der Waals surface area (Å²) in [6.07, 6.45) is -4.43. The number of hydrogen-bond donors (Lipinski definition) is 1. The molecule has 4 aromatic carbocycles. The molecule has 1 amide bonds. The van der Waals surface area contributed by atoms with Crippen molar-refractivity contribution in [3.63, 3.8) is 0 Å². The Balaban J connectivity index is 1.46. The van der Waals surface area contributed by atoms with Gasteiger partial charge in [-0.25, -0.2) is 0 Å². The van der Waals surface area contributed by atoms with Crippen molar-refractivity contribution in [1.29, 1.82) is 0 Å². The van der Waals surface area contributed by atoms with Crippen molar-refractivity contribution in [3.05, 3.63) is 114 Å². The third-order valence-corrected chi connectivity index (χ3v) is 8.31. The van der Waals surface area contributed by atoms with Gasteiger partial charge in [0.2, 0.25) is 0 Å². The van der Waals surface area contributed by atoms with E-state index in [1.807, 2.05) is 78.2 Å². The Morgan fingerprint density at radius 3 is 2.24 bits per heavy atom. The number of carbonyl (C=O) groups is 1. The number of carbonyl (C=O) groups excluding carboxylic acids is 1. The highest BCUT2D eigenvalue weighted by molar-refractivity contribution is 7.22. The second-order valence-corrected chi connectivity index (χ2v) is 10.6. The topological polar surface area (TPSA) is 29.1 Å². The standard InChI is InChI=1S/C30H18F3NOS2/c31-30(32,33)22-9-6-19(7-10-22)28-27(29(35)34-23-11-13-25-21(16-23)14-15-36-25)24-12-8-20(17-26(24)37-28)18-4-2-1-3-5-18/h1-17H,(H,34,35). The molecule has 2 heterocycles. The van der Waals surface area contributed by atoms with Gasteiger partial charge in [0.15, 0.2) is 0 Å². The zero-order valence-electron chi connectivity index (χ0n) is 19.2. The molecule has 0 bridgehead atoms. The van der Waals surface area contributed by atoms with Gasteiger partial charge in [0.25, 0.3) is 5.91 Å². The smallest absolute Gasteiger partial charge is 0.322 e. The van der Waals surface area contributed by atoms with E-state index in [0.717, 1.165) is 43.4 Å². The summed E-state index contributed by atoms with van der Waals surface area (Å²) in [4.78, 5) is 14.3. The summed E-state index contributed by atoms with van der Waals surface area (Å²) in [7, 11) is 0. The first-order chi connectivity index (χ1) is 17.9. The molecule has 6 aromatic rings. The number of nitrogens with one attached hydrogen (secondary N) is 1. The maximum Gasteiger partial charge on any atom is 0.416 e. The van der Waals surface area contributed by atoms with Crippen LogP contribution in [0.15, 0.2) is 102 Å². The van der Waals surface area contributed by atoms with E-state index in [9.17, 15) is 18.0 Å². The van der Waals surface area contributed by atoms with Gasteiger partial charge in [-0.2, -0.15) is 13.2 Å². The normalized spacial score (nSPS) is 11.8. The highest BCUT2D eigenvalue weighted by Crippen LogP contribution is 2.42. The lowest BCUT2D eigenvalue weighted by Gasteiger charge is -2.10. The molecule has 0 fully saturated rings. The lowest BCUT2D eigenvalue weighted by Crippen LogP contribution is -2.12. The fourth-order valence-corrected chi connectivity index (χ4v) is 6.40. The number of benzene rings is 4. The molecule has 2 nitrogen and oxygen atoms in total. The molecule has 0 radical (unpaired) electrons. The van der Waals surface area contributed by atoms with E-state index in [2.05, 4.69) is 5.32 Å². The SMILES string of the molecule is O=C(Nc1ccc2sccc2c1)c1c(-c2ccc(C(F)(F)F)cc2)sc2cc(-c3ccccc3)ccc12. The van der Waals surface area contributed by atoms with Gasteiger partial charge in [-0.15, -0.1) is 22.7 Å². The van der Waals surface area contributed by atoms with E-state index in [-0.39, 0.29) is 5.91 Å². The maximum atomic E-state index is 13.7. The summed E-state index contributed by atoms with van der Waals surface area (Å²) < 4.78 is 41.5. The van der Waals surface area contributed by atoms with Crippen LogP contribution in [-0.4, -0.2) is 5.91 Å². The Morgan fingerprint density at radius 1 is 0.730 bits per heavy atom. The van der Waals surface area contributed by atoms with Crippen molar-refractivity contribution < 1.29 is 18.0 Å². The van der Waals surface area contributed by atoms with Crippen molar-refractivity contribution in [3.8, 4) is 21.6 Å². The van der Waals surface area contributed by atoms with E-state index < -0.39 is 11.7 Å². The van der Waals surface area contributed by atoms with Gasteiger partial charge < -0.3 is 5.32 Å². The molecule has 0 spiro atoms.